The number of aliphatic hydroxyl groups is 1. The van der Waals surface area contributed by atoms with E-state index in [4.69, 9.17) is 5.11 Å². The number of hydrogen-bond donors (Lipinski definition) is 2. The van der Waals surface area contributed by atoms with Crippen LogP contribution in [0.5, 0.6) is 0 Å². The number of thioether (sulfide) groups is 1. The van der Waals surface area contributed by atoms with Crippen LogP contribution < -0.4 is 5.32 Å². The lowest BCUT2D eigenvalue weighted by atomic mass is 10.3. The molecule has 1 rings (SSSR count). The average Bonchev–Trinajstić information content (AvgIpc) is 2.20. The summed E-state index contributed by atoms with van der Waals surface area (Å²) in [6.07, 6.45) is 3.32. The van der Waals surface area contributed by atoms with Crippen LogP contribution >= 0.6 is 11.8 Å². The summed E-state index contributed by atoms with van der Waals surface area (Å²) in [4.78, 5) is 8.43. The molecule has 5 heteroatoms. The van der Waals surface area contributed by atoms with E-state index in [1.807, 2.05) is 12.4 Å². The van der Waals surface area contributed by atoms with Gasteiger partial charge in [-0.1, -0.05) is 18.7 Å². The molecule has 1 aromatic heterocycles. The highest BCUT2D eigenvalue weighted by Gasteiger charge is 1.98. The van der Waals surface area contributed by atoms with Crippen molar-refractivity contribution in [3.8, 4) is 0 Å². The maximum Gasteiger partial charge on any atom is 0.187 e. The van der Waals surface area contributed by atoms with Gasteiger partial charge < -0.3 is 10.4 Å². The summed E-state index contributed by atoms with van der Waals surface area (Å²) in [6, 6.07) is 0. The van der Waals surface area contributed by atoms with E-state index >= 15 is 0 Å². The Morgan fingerprint density at radius 2 is 2.13 bits per heavy atom. The molecule has 4 nitrogen and oxygen atoms in total. The Kier molecular flexibility index (Phi) is 5.60. The second kappa shape index (κ2) is 6.76. The van der Waals surface area contributed by atoms with E-state index in [0.717, 1.165) is 16.5 Å². The number of aliphatic hydroxyl groups excluding tert-OH is 1. The third-order valence-corrected chi connectivity index (χ3v) is 2.48. The number of nitrogens with zero attached hydrogens (tertiary/aromatic N) is 2. The molecule has 0 aromatic carbocycles. The first kappa shape index (κ1) is 12.4. The van der Waals surface area contributed by atoms with Gasteiger partial charge in [0.15, 0.2) is 5.16 Å². The molecule has 0 bridgehead atoms. The highest BCUT2D eigenvalue weighted by Crippen LogP contribution is 2.10. The summed E-state index contributed by atoms with van der Waals surface area (Å²) < 4.78 is 0. The molecule has 0 aliphatic rings. The topological polar surface area (TPSA) is 58.0 Å². The van der Waals surface area contributed by atoms with Crippen LogP contribution in [0.15, 0.2) is 17.6 Å². The predicted molar refractivity (Wildman–Crippen MR) is 61.8 cm³/mol. The monoisotopic (exact) mass is 227 g/mol. The smallest absolute Gasteiger partial charge is 0.187 e. The zero-order chi connectivity index (χ0) is 11.1. The Balaban J connectivity index is 2.36. The second-order valence-corrected chi connectivity index (χ2v) is 4.52. The largest absolute Gasteiger partial charge is 0.392 e. The van der Waals surface area contributed by atoms with Gasteiger partial charge in [0.05, 0.1) is 6.10 Å². The normalized spacial score (nSPS) is 12.7. The molecule has 1 atom stereocenters. The number of nitrogens with one attached hydrogen (secondary N) is 1. The van der Waals surface area contributed by atoms with Crippen LogP contribution in [0.3, 0.4) is 0 Å². The Hall–Kier alpha value is -0.650. The molecule has 0 spiro atoms. The fourth-order valence-corrected chi connectivity index (χ4v) is 1.58. The van der Waals surface area contributed by atoms with Crippen molar-refractivity contribution >= 4 is 11.8 Å². The van der Waals surface area contributed by atoms with E-state index in [-0.39, 0.29) is 6.10 Å². The standard InChI is InChI=1S/C10H17N3OS/c1-3-15-10-12-6-9(7-13-10)5-11-4-8(2)14/h6-8,11,14H,3-5H2,1-2H3. The van der Waals surface area contributed by atoms with Crippen molar-refractivity contribution < 1.29 is 5.11 Å². The van der Waals surface area contributed by atoms with Gasteiger partial charge in [0, 0.05) is 31.0 Å². The first-order valence-electron chi connectivity index (χ1n) is 5.05. The van der Waals surface area contributed by atoms with Crippen LogP contribution in [-0.4, -0.2) is 33.5 Å². The Labute approximate surface area is 94.5 Å². The fourth-order valence-electron chi connectivity index (χ4n) is 1.06. The molecule has 1 unspecified atom stereocenters. The van der Waals surface area contributed by atoms with E-state index in [2.05, 4.69) is 22.2 Å². The van der Waals surface area contributed by atoms with Gasteiger partial charge in [-0.15, -0.1) is 0 Å². The van der Waals surface area contributed by atoms with Crippen molar-refractivity contribution in [1.29, 1.82) is 0 Å². The zero-order valence-corrected chi connectivity index (χ0v) is 9.92. The third-order valence-electron chi connectivity index (χ3n) is 1.72. The molecule has 15 heavy (non-hydrogen) atoms. The molecule has 0 fully saturated rings. The molecule has 2 N–H and O–H groups in total. The van der Waals surface area contributed by atoms with E-state index in [0.29, 0.717) is 13.1 Å². The summed E-state index contributed by atoms with van der Waals surface area (Å²) in [5.41, 5.74) is 1.04. The number of rotatable bonds is 6. The van der Waals surface area contributed by atoms with Crippen molar-refractivity contribution in [3.05, 3.63) is 18.0 Å². The molecular weight excluding hydrogens is 210 g/mol. The molecule has 0 amide bonds. The van der Waals surface area contributed by atoms with Crippen LogP contribution in [0.4, 0.5) is 0 Å². The minimum atomic E-state index is -0.319. The quantitative estimate of drug-likeness (QED) is 0.562. The molecular formula is C10H17N3OS. The summed E-state index contributed by atoms with van der Waals surface area (Å²) in [7, 11) is 0. The van der Waals surface area contributed by atoms with E-state index in [1.165, 1.54) is 0 Å². The van der Waals surface area contributed by atoms with Gasteiger partial charge in [-0.25, -0.2) is 9.97 Å². The summed E-state index contributed by atoms with van der Waals surface area (Å²) in [5.74, 6) is 0.986. The average molecular weight is 227 g/mol. The summed E-state index contributed by atoms with van der Waals surface area (Å²) in [5, 5.41) is 13.0. The lowest BCUT2D eigenvalue weighted by Crippen LogP contribution is -2.23. The maximum atomic E-state index is 9.05. The number of hydrogen-bond acceptors (Lipinski definition) is 5. The molecule has 1 heterocycles. The van der Waals surface area contributed by atoms with Crippen LogP contribution in [0.25, 0.3) is 0 Å². The van der Waals surface area contributed by atoms with Crippen LogP contribution in [0.1, 0.15) is 19.4 Å². The predicted octanol–water partition coefficient (Wildman–Crippen LogP) is 1.06. The van der Waals surface area contributed by atoms with Crippen LogP contribution in [0.2, 0.25) is 0 Å². The first-order valence-corrected chi connectivity index (χ1v) is 6.03. The summed E-state index contributed by atoms with van der Waals surface area (Å²) >= 11 is 1.63. The fraction of sp³-hybridized carbons (Fsp3) is 0.600. The van der Waals surface area contributed by atoms with Gasteiger partial charge >= 0.3 is 0 Å². The highest BCUT2D eigenvalue weighted by atomic mass is 32.2. The van der Waals surface area contributed by atoms with Gasteiger partial charge in [0.25, 0.3) is 0 Å². The minimum absolute atomic E-state index is 0.319. The zero-order valence-electron chi connectivity index (χ0n) is 9.10. The van der Waals surface area contributed by atoms with Gasteiger partial charge in [-0.2, -0.15) is 0 Å². The van der Waals surface area contributed by atoms with Gasteiger partial charge in [0.2, 0.25) is 0 Å². The molecule has 0 aliphatic carbocycles. The molecule has 1 aromatic rings. The van der Waals surface area contributed by atoms with E-state index in [9.17, 15) is 0 Å². The van der Waals surface area contributed by atoms with Crippen molar-refractivity contribution in [2.45, 2.75) is 31.7 Å². The van der Waals surface area contributed by atoms with Crippen molar-refractivity contribution in [2.75, 3.05) is 12.3 Å². The van der Waals surface area contributed by atoms with Crippen molar-refractivity contribution in [2.24, 2.45) is 0 Å². The van der Waals surface area contributed by atoms with Crippen LogP contribution in [-0.2, 0) is 6.54 Å². The lowest BCUT2D eigenvalue weighted by Gasteiger charge is -2.06. The molecule has 0 saturated heterocycles. The van der Waals surface area contributed by atoms with Gasteiger partial charge in [-0.05, 0) is 12.7 Å². The van der Waals surface area contributed by atoms with Gasteiger partial charge in [-0.3, -0.25) is 0 Å². The SMILES string of the molecule is CCSc1ncc(CNCC(C)O)cn1. The lowest BCUT2D eigenvalue weighted by molar-refractivity contribution is 0.191. The highest BCUT2D eigenvalue weighted by molar-refractivity contribution is 7.99. The maximum absolute atomic E-state index is 9.05. The Morgan fingerprint density at radius 3 is 2.67 bits per heavy atom. The van der Waals surface area contributed by atoms with E-state index < -0.39 is 0 Å². The first-order chi connectivity index (χ1) is 7.22. The molecule has 0 aliphatic heterocycles. The van der Waals surface area contributed by atoms with Crippen LogP contribution in [0, 0.1) is 0 Å². The van der Waals surface area contributed by atoms with Crippen molar-refractivity contribution in [3.63, 3.8) is 0 Å². The minimum Gasteiger partial charge on any atom is -0.392 e. The van der Waals surface area contributed by atoms with Crippen molar-refractivity contribution in [1.82, 2.24) is 15.3 Å². The van der Waals surface area contributed by atoms with Gasteiger partial charge in [0.1, 0.15) is 0 Å². The third kappa shape index (κ3) is 5.11. The molecule has 0 radical (unpaired) electrons. The van der Waals surface area contributed by atoms with E-state index in [1.54, 1.807) is 18.7 Å². The summed E-state index contributed by atoms with van der Waals surface area (Å²) in [6.45, 7) is 5.12. The molecule has 0 saturated carbocycles. The Bertz CT molecular complexity index is 277. The second-order valence-electron chi connectivity index (χ2n) is 3.29. The number of aromatic nitrogens is 2. The molecule has 84 valence electrons. The Morgan fingerprint density at radius 1 is 1.47 bits per heavy atom.